The molecule has 2 saturated heterocycles. The zero-order chi connectivity index (χ0) is 28.3. The molecule has 7 nitrogen and oxygen atoms in total. The van der Waals surface area contributed by atoms with Gasteiger partial charge in [-0.3, -0.25) is 9.69 Å². The van der Waals surface area contributed by atoms with Crippen molar-refractivity contribution in [2.24, 2.45) is 0 Å². The van der Waals surface area contributed by atoms with E-state index in [1.807, 2.05) is 37.3 Å². The first-order chi connectivity index (χ1) is 19.9. The van der Waals surface area contributed by atoms with Crippen molar-refractivity contribution in [3.63, 3.8) is 0 Å². The second-order valence-corrected chi connectivity index (χ2v) is 11.2. The number of anilines is 1. The molecule has 4 heterocycles. The average Bonchev–Trinajstić information content (AvgIpc) is 3.61. The fourth-order valence-electron chi connectivity index (χ4n) is 6.93. The SMILES string of the molecule is CCc1c(F)ccc2cc(O)cc(N3Cc4nc(OC[C@@]56CCCN5C[C@H](F)C6)nc(-c5ccccc5)c4C3=O)c12. The molecule has 9 heteroatoms. The van der Waals surface area contributed by atoms with Crippen LogP contribution in [0.4, 0.5) is 14.5 Å². The molecule has 0 saturated carbocycles. The number of ether oxygens (including phenoxy) is 1. The summed E-state index contributed by atoms with van der Waals surface area (Å²) >= 11 is 0. The van der Waals surface area contributed by atoms with Crippen LogP contribution in [0, 0.1) is 5.82 Å². The van der Waals surface area contributed by atoms with Crippen molar-refractivity contribution >= 4 is 22.4 Å². The number of carbonyl (C=O) groups is 1. The molecule has 1 N–H and O–H groups in total. The number of amides is 1. The molecule has 1 aromatic heterocycles. The Balaban J connectivity index is 1.31. The van der Waals surface area contributed by atoms with Gasteiger partial charge in [-0.05, 0) is 48.9 Å². The van der Waals surface area contributed by atoms with Gasteiger partial charge < -0.3 is 14.7 Å². The highest BCUT2D eigenvalue weighted by Crippen LogP contribution is 2.42. The van der Waals surface area contributed by atoms with Gasteiger partial charge in [0.25, 0.3) is 5.91 Å². The molecular weight excluding hydrogens is 526 g/mol. The Morgan fingerprint density at radius 3 is 2.78 bits per heavy atom. The highest BCUT2D eigenvalue weighted by molar-refractivity contribution is 6.16. The van der Waals surface area contributed by atoms with Crippen molar-refractivity contribution in [3.05, 3.63) is 77.2 Å². The molecule has 0 unspecified atom stereocenters. The van der Waals surface area contributed by atoms with Crippen LogP contribution in [0.15, 0.2) is 54.6 Å². The fourth-order valence-corrected chi connectivity index (χ4v) is 6.93. The number of halogens is 2. The number of hydrogen-bond acceptors (Lipinski definition) is 6. The summed E-state index contributed by atoms with van der Waals surface area (Å²) in [6, 6.07) is 15.6. The van der Waals surface area contributed by atoms with Crippen LogP contribution in [0.5, 0.6) is 11.8 Å². The number of phenolic OH excluding ortho intramolecular Hbond substituents is 1. The Kier molecular flexibility index (Phi) is 6.15. The average molecular weight is 557 g/mol. The van der Waals surface area contributed by atoms with Crippen LogP contribution < -0.4 is 9.64 Å². The highest BCUT2D eigenvalue weighted by atomic mass is 19.1. The Bertz CT molecular complexity index is 1680. The van der Waals surface area contributed by atoms with Crippen molar-refractivity contribution < 1.29 is 23.4 Å². The van der Waals surface area contributed by atoms with E-state index >= 15 is 0 Å². The van der Waals surface area contributed by atoms with Crippen LogP contribution in [0.25, 0.3) is 22.0 Å². The Hall–Kier alpha value is -4.11. The normalized spacial score (nSPS) is 22.0. The molecule has 3 aliphatic heterocycles. The first-order valence-electron chi connectivity index (χ1n) is 14.1. The van der Waals surface area contributed by atoms with E-state index in [4.69, 9.17) is 9.72 Å². The first-order valence-corrected chi connectivity index (χ1v) is 14.1. The topological polar surface area (TPSA) is 78.8 Å². The Labute approximate surface area is 236 Å². The number of aromatic hydroxyl groups is 1. The van der Waals surface area contributed by atoms with Crippen LogP contribution in [0.2, 0.25) is 0 Å². The van der Waals surface area contributed by atoms with Gasteiger partial charge in [0.15, 0.2) is 0 Å². The largest absolute Gasteiger partial charge is 0.508 e. The maximum absolute atomic E-state index is 14.9. The minimum absolute atomic E-state index is 0.0218. The van der Waals surface area contributed by atoms with Gasteiger partial charge in [-0.2, -0.15) is 9.97 Å². The maximum Gasteiger partial charge on any atom is 0.317 e. The Morgan fingerprint density at radius 1 is 1.15 bits per heavy atom. The zero-order valence-corrected chi connectivity index (χ0v) is 22.7. The van der Waals surface area contributed by atoms with E-state index in [0.29, 0.717) is 58.4 Å². The number of alkyl halides is 1. The standard InChI is InChI=1S/C32H30F2N4O3/c1-2-23-24(34)10-9-20-13-22(39)14-26(27(20)23)38-17-25-28(30(38)40)29(19-7-4-3-5-8-19)36-31(35-25)41-18-32-11-6-12-37(32)16-21(33)15-32/h3-5,7-10,13-14,21,39H,2,6,11-12,15-18H2,1H3/t21-,32+/m1/s1. The predicted molar refractivity (Wildman–Crippen MR) is 151 cm³/mol. The van der Waals surface area contributed by atoms with Gasteiger partial charge >= 0.3 is 6.01 Å². The third kappa shape index (κ3) is 4.22. The van der Waals surface area contributed by atoms with E-state index < -0.39 is 6.17 Å². The van der Waals surface area contributed by atoms with Gasteiger partial charge in [0.2, 0.25) is 0 Å². The quantitative estimate of drug-likeness (QED) is 0.323. The molecule has 7 rings (SSSR count). The lowest BCUT2D eigenvalue weighted by molar-refractivity contribution is 0.0996. The summed E-state index contributed by atoms with van der Waals surface area (Å²) in [7, 11) is 0. The van der Waals surface area contributed by atoms with Gasteiger partial charge in [0.05, 0.1) is 34.7 Å². The minimum atomic E-state index is -0.874. The smallest absolute Gasteiger partial charge is 0.317 e. The lowest BCUT2D eigenvalue weighted by Crippen LogP contribution is -2.43. The maximum atomic E-state index is 14.9. The summed E-state index contributed by atoms with van der Waals surface area (Å²) in [5.74, 6) is -0.717. The number of fused-ring (bicyclic) bond motifs is 3. The lowest BCUT2D eigenvalue weighted by atomic mass is 9.95. The third-order valence-electron chi connectivity index (χ3n) is 8.78. The van der Waals surface area contributed by atoms with Crippen molar-refractivity contribution in [2.75, 3.05) is 24.6 Å². The predicted octanol–water partition coefficient (Wildman–Crippen LogP) is 5.82. The summed E-state index contributed by atoms with van der Waals surface area (Å²) < 4.78 is 35.4. The first kappa shape index (κ1) is 25.8. The molecule has 2 atom stereocenters. The van der Waals surface area contributed by atoms with Gasteiger partial charge in [0, 0.05) is 30.0 Å². The van der Waals surface area contributed by atoms with Crippen LogP contribution >= 0.6 is 0 Å². The molecule has 1 amide bonds. The lowest BCUT2D eigenvalue weighted by Gasteiger charge is -2.30. The molecule has 210 valence electrons. The van der Waals surface area contributed by atoms with Crippen molar-refractivity contribution in [1.82, 2.24) is 14.9 Å². The number of aromatic nitrogens is 2. The number of benzene rings is 3. The van der Waals surface area contributed by atoms with E-state index in [1.165, 1.54) is 17.0 Å². The van der Waals surface area contributed by atoms with E-state index in [2.05, 4.69) is 9.88 Å². The van der Waals surface area contributed by atoms with Crippen molar-refractivity contribution in [2.45, 2.75) is 50.9 Å². The summed E-state index contributed by atoms with van der Waals surface area (Å²) in [5.41, 5.74) is 2.54. The van der Waals surface area contributed by atoms with Gasteiger partial charge in [-0.1, -0.05) is 43.3 Å². The van der Waals surface area contributed by atoms with Gasteiger partial charge in [-0.15, -0.1) is 0 Å². The molecule has 4 aromatic rings. The van der Waals surface area contributed by atoms with Gasteiger partial charge in [0.1, 0.15) is 24.3 Å². The minimum Gasteiger partial charge on any atom is -0.508 e. The molecule has 0 spiro atoms. The third-order valence-corrected chi connectivity index (χ3v) is 8.78. The van der Waals surface area contributed by atoms with E-state index in [-0.39, 0.29) is 42.2 Å². The molecular formula is C32H30F2N4O3. The molecule has 3 aliphatic rings. The molecule has 0 bridgehead atoms. The molecule has 0 radical (unpaired) electrons. The Morgan fingerprint density at radius 2 is 1.98 bits per heavy atom. The zero-order valence-electron chi connectivity index (χ0n) is 22.7. The number of phenols is 1. The summed E-state index contributed by atoms with van der Waals surface area (Å²) in [6.07, 6.45) is 1.83. The van der Waals surface area contributed by atoms with Crippen LogP contribution in [0.1, 0.15) is 47.8 Å². The summed E-state index contributed by atoms with van der Waals surface area (Å²) in [4.78, 5) is 27.2. The molecule has 3 aromatic carbocycles. The number of nitrogens with zero attached hydrogens (tertiary/aromatic N) is 4. The number of hydrogen-bond donors (Lipinski definition) is 1. The second kappa shape index (κ2) is 9.76. The van der Waals surface area contributed by atoms with E-state index in [0.717, 1.165) is 24.9 Å². The fraction of sp³-hybridized carbons (Fsp3) is 0.344. The van der Waals surface area contributed by atoms with Crippen LogP contribution in [-0.2, 0) is 13.0 Å². The number of carbonyl (C=O) groups excluding carboxylic acids is 1. The molecule has 41 heavy (non-hydrogen) atoms. The van der Waals surface area contributed by atoms with Crippen molar-refractivity contribution in [3.8, 4) is 23.0 Å². The summed E-state index contributed by atoms with van der Waals surface area (Å²) in [6.45, 7) is 3.51. The molecule has 0 aliphatic carbocycles. The molecule has 2 fully saturated rings. The van der Waals surface area contributed by atoms with E-state index in [9.17, 15) is 18.7 Å². The summed E-state index contributed by atoms with van der Waals surface area (Å²) in [5, 5.41) is 11.8. The highest BCUT2D eigenvalue weighted by Gasteiger charge is 2.49. The number of aryl methyl sites for hydroxylation is 1. The van der Waals surface area contributed by atoms with Crippen LogP contribution in [0.3, 0.4) is 0 Å². The van der Waals surface area contributed by atoms with Crippen molar-refractivity contribution in [1.29, 1.82) is 0 Å². The second-order valence-electron chi connectivity index (χ2n) is 11.2. The van der Waals surface area contributed by atoms with E-state index in [1.54, 1.807) is 12.1 Å². The number of rotatable bonds is 6. The monoisotopic (exact) mass is 556 g/mol. The van der Waals surface area contributed by atoms with Crippen LogP contribution in [-0.4, -0.2) is 57.3 Å². The van der Waals surface area contributed by atoms with Gasteiger partial charge in [-0.25, -0.2) is 8.78 Å².